The zero-order chi connectivity index (χ0) is 10.6. The first-order valence-electron chi connectivity index (χ1n) is 5.72. The van der Waals surface area contributed by atoms with Crippen LogP contribution in [0.25, 0.3) is 0 Å². The maximum atomic E-state index is 2.40. The quantitative estimate of drug-likeness (QED) is 0.592. The minimum absolute atomic E-state index is 0.491. The standard InChI is InChI=1S/C13H28/c1-10(2)8-11(3)12(4)9-13(5,6)7/h10-12H,8-9H2,1-7H3. The van der Waals surface area contributed by atoms with Gasteiger partial charge < -0.3 is 0 Å². The molecular formula is C13H28. The van der Waals surface area contributed by atoms with Crippen molar-refractivity contribution in [3.63, 3.8) is 0 Å². The molecule has 0 aliphatic carbocycles. The van der Waals surface area contributed by atoms with Crippen LogP contribution in [0.1, 0.15) is 61.3 Å². The molecule has 0 fully saturated rings. The molecule has 0 bridgehead atoms. The summed E-state index contributed by atoms with van der Waals surface area (Å²) in [6.45, 7) is 16.5. The third-order valence-electron chi connectivity index (χ3n) is 2.75. The lowest BCUT2D eigenvalue weighted by atomic mass is 9.78. The fourth-order valence-corrected chi connectivity index (χ4v) is 2.14. The lowest BCUT2D eigenvalue weighted by Crippen LogP contribution is -2.18. The van der Waals surface area contributed by atoms with Crippen molar-refractivity contribution in [1.29, 1.82) is 0 Å². The normalized spacial score (nSPS) is 17.5. The van der Waals surface area contributed by atoms with Crippen LogP contribution in [0.15, 0.2) is 0 Å². The smallest absolute Gasteiger partial charge is 0.0380 e. The van der Waals surface area contributed by atoms with Gasteiger partial charge in [-0.3, -0.25) is 0 Å². The van der Waals surface area contributed by atoms with Gasteiger partial charge in [-0.15, -0.1) is 0 Å². The molecule has 0 saturated carbocycles. The maximum Gasteiger partial charge on any atom is -0.0380 e. The van der Waals surface area contributed by atoms with E-state index in [0.29, 0.717) is 5.41 Å². The molecule has 0 saturated heterocycles. The van der Waals surface area contributed by atoms with Gasteiger partial charge in [0.05, 0.1) is 0 Å². The summed E-state index contributed by atoms with van der Waals surface area (Å²) in [4.78, 5) is 0. The van der Waals surface area contributed by atoms with Gasteiger partial charge in [0, 0.05) is 0 Å². The van der Waals surface area contributed by atoms with E-state index in [9.17, 15) is 0 Å². The third kappa shape index (κ3) is 7.10. The fraction of sp³-hybridized carbons (Fsp3) is 1.00. The lowest BCUT2D eigenvalue weighted by Gasteiger charge is -2.28. The molecule has 0 radical (unpaired) electrons. The van der Waals surface area contributed by atoms with Crippen molar-refractivity contribution in [3.8, 4) is 0 Å². The van der Waals surface area contributed by atoms with Crippen LogP contribution in [0.4, 0.5) is 0 Å². The van der Waals surface area contributed by atoms with Gasteiger partial charge in [0.15, 0.2) is 0 Å². The van der Waals surface area contributed by atoms with E-state index in [0.717, 1.165) is 17.8 Å². The molecule has 13 heavy (non-hydrogen) atoms. The molecule has 0 heteroatoms. The van der Waals surface area contributed by atoms with Crippen LogP contribution in [0, 0.1) is 23.2 Å². The van der Waals surface area contributed by atoms with Crippen molar-refractivity contribution in [2.24, 2.45) is 23.2 Å². The first-order chi connectivity index (χ1) is 5.72. The first kappa shape index (κ1) is 13.0. The van der Waals surface area contributed by atoms with Gasteiger partial charge in [0.1, 0.15) is 0 Å². The maximum absolute atomic E-state index is 2.40. The van der Waals surface area contributed by atoms with Crippen LogP contribution in [0.2, 0.25) is 0 Å². The summed E-state index contributed by atoms with van der Waals surface area (Å²) in [5, 5.41) is 0. The molecule has 0 heterocycles. The van der Waals surface area contributed by atoms with Crippen molar-refractivity contribution >= 4 is 0 Å². The Labute approximate surface area is 85.1 Å². The van der Waals surface area contributed by atoms with E-state index >= 15 is 0 Å². The highest BCUT2D eigenvalue weighted by atomic mass is 14.3. The molecule has 0 aliphatic heterocycles. The lowest BCUT2D eigenvalue weighted by molar-refractivity contribution is 0.227. The predicted molar refractivity (Wildman–Crippen MR) is 61.9 cm³/mol. The number of hydrogen-bond donors (Lipinski definition) is 0. The zero-order valence-corrected chi connectivity index (χ0v) is 10.6. The van der Waals surface area contributed by atoms with E-state index < -0.39 is 0 Å². The minimum atomic E-state index is 0.491. The highest BCUT2D eigenvalue weighted by Gasteiger charge is 2.20. The van der Waals surface area contributed by atoms with Crippen molar-refractivity contribution in [3.05, 3.63) is 0 Å². The molecule has 0 spiro atoms. The summed E-state index contributed by atoms with van der Waals surface area (Å²) in [5.41, 5.74) is 0.491. The van der Waals surface area contributed by atoms with Gasteiger partial charge in [0.25, 0.3) is 0 Å². The monoisotopic (exact) mass is 184 g/mol. The Balaban J connectivity index is 3.89. The molecule has 0 N–H and O–H groups in total. The van der Waals surface area contributed by atoms with Crippen molar-refractivity contribution < 1.29 is 0 Å². The van der Waals surface area contributed by atoms with Gasteiger partial charge in [-0.1, -0.05) is 48.5 Å². The van der Waals surface area contributed by atoms with Gasteiger partial charge in [-0.25, -0.2) is 0 Å². The molecule has 0 aromatic heterocycles. The van der Waals surface area contributed by atoms with E-state index in [1.54, 1.807) is 0 Å². The van der Waals surface area contributed by atoms with Crippen LogP contribution in [0.5, 0.6) is 0 Å². The van der Waals surface area contributed by atoms with E-state index in [-0.39, 0.29) is 0 Å². The highest BCUT2D eigenvalue weighted by Crippen LogP contribution is 2.31. The molecule has 2 atom stereocenters. The summed E-state index contributed by atoms with van der Waals surface area (Å²) >= 11 is 0. The van der Waals surface area contributed by atoms with E-state index in [1.165, 1.54) is 12.8 Å². The Morgan fingerprint density at radius 1 is 0.846 bits per heavy atom. The van der Waals surface area contributed by atoms with Crippen LogP contribution in [-0.4, -0.2) is 0 Å². The van der Waals surface area contributed by atoms with Crippen molar-refractivity contribution in [2.45, 2.75) is 61.3 Å². The molecule has 0 aliphatic rings. The summed E-state index contributed by atoms with van der Waals surface area (Å²) in [7, 11) is 0. The van der Waals surface area contributed by atoms with E-state index in [2.05, 4.69) is 48.5 Å². The summed E-state index contributed by atoms with van der Waals surface area (Å²) < 4.78 is 0. The Bertz CT molecular complexity index is 127. The van der Waals surface area contributed by atoms with Crippen LogP contribution >= 0.6 is 0 Å². The molecule has 2 unspecified atom stereocenters. The fourth-order valence-electron chi connectivity index (χ4n) is 2.14. The van der Waals surface area contributed by atoms with Gasteiger partial charge in [-0.05, 0) is 36.0 Å². The van der Waals surface area contributed by atoms with E-state index in [1.807, 2.05) is 0 Å². The van der Waals surface area contributed by atoms with Crippen LogP contribution in [-0.2, 0) is 0 Å². The third-order valence-corrected chi connectivity index (χ3v) is 2.75. The molecule has 0 aromatic rings. The predicted octanol–water partition coefficient (Wildman–Crippen LogP) is 4.74. The average Bonchev–Trinajstić information content (AvgIpc) is 1.81. The van der Waals surface area contributed by atoms with Crippen molar-refractivity contribution in [1.82, 2.24) is 0 Å². The molecule has 80 valence electrons. The average molecular weight is 184 g/mol. The second kappa shape index (κ2) is 5.02. The molecule has 0 aromatic carbocycles. The largest absolute Gasteiger partial charge is 0.0628 e. The number of rotatable bonds is 4. The molecule has 0 rings (SSSR count). The SMILES string of the molecule is CC(C)CC(C)C(C)CC(C)(C)C. The van der Waals surface area contributed by atoms with Gasteiger partial charge in [-0.2, -0.15) is 0 Å². The zero-order valence-electron chi connectivity index (χ0n) is 10.6. The number of hydrogen-bond acceptors (Lipinski definition) is 0. The molecule has 0 nitrogen and oxygen atoms in total. The molecular weight excluding hydrogens is 156 g/mol. The van der Waals surface area contributed by atoms with E-state index in [4.69, 9.17) is 0 Å². The first-order valence-corrected chi connectivity index (χ1v) is 5.72. The highest BCUT2D eigenvalue weighted by molar-refractivity contribution is 4.71. The van der Waals surface area contributed by atoms with Gasteiger partial charge in [0.2, 0.25) is 0 Å². The second-order valence-corrected chi connectivity index (χ2v) is 6.35. The summed E-state index contributed by atoms with van der Waals surface area (Å²) in [6, 6.07) is 0. The Hall–Kier alpha value is 0. The van der Waals surface area contributed by atoms with Crippen LogP contribution < -0.4 is 0 Å². The minimum Gasteiger partial charge on any atom is -0.0628 e. The summed E-state index contributed by atoms with van der Waals surface area (Å²) in [5.74, 6) is 2.58. The Morgan fingerprint density at radius 2 is 1.31 bits per heavy atom. The Morgan fingerprint density at radius 3 is 1.62 bits per heavy atom. The second-order valence-electron chi connectivity index (χ2n) is 6.35. The van der Waals surface area contributed by atoms with Crippen molar-refractivity contribution in [2.75, 3.05) is 0 Å². The van der Waals surface area contributed by atoms with Crippen LogP contribution in [0.3, 0.4) is 0 Å². The molecule has 0 amide bonds. The summed E-state index contributed by atoms with van der Waals surface area (Å²) in [6.07, 6.45) is 2.72. The topological polar surface area (TPSA) is 0 Å². The Kier molecular flexibility index (Phi) is 5.02. The van der Waals surface area contributed by atoms with Gasteiger partial charge >= 0.3 is 0 Å².